The van der Waals surface area contributed by atoms with Gasteiger partial charge in [0.2, 0.25) is 0 Å². The van der Waals surface area contributed by atoms with E-state index in [1.54, 1.807) is 0 Å². The SMILES string of the molecule is Bc1cc(B)c2c(C(=O)NCC3CCCCCC3)cn(C)c2c1. The number of aromatic nitrogens is 1. The van der Waals surface area contributed by atoms with Crippen molar-refractivity contribution >= 4 is 43.4 Å². The van der Waals surface area contributed by atoms with E-state index in [1.807, 2.05) is 13.2 Å². The van der Waals surface area contributed by atoms with Gasteiger partial charge in [0, 0.05) is 30.7 Å². The Bertz CT molecular complexity index is 715. The van der Waals surface area contributed by atoms with Gasteiger partial charge in [-0.15, -0.1) is 0 Å². The summed E-state index contributed by atoms with van der Waals surface area (Å²) in [7, 11) is 6.21. The van der Waals surface area contributed by atoms with Gasteiger partial charge in [-0.1, -0.05) is 42.7 Å². The van der Waals surface area contributed by atoms with Crippen LogP contribution in [0, 0.1) is 5.92 Å². The predicted molar refractivity (Wildman–Crippen MR) is 103 cm³/mol. The zero-order chi connectivity index (χ0) is 16.4. The number of nitrogens with zero attached hydrogens (tertiary/aromatic N) is 1. The molecule has 0 bridgehead atoms. The number of rotatable bonds is 3. The molecule has 1 aromatic heterocycles. The van der Waals surface area contributed by atoms with Crippen LogP contribution in [0.2, 0.25) is 0 Å². The Kier molecular flexibility index (Phi) is 4.84. The van der Waals surface area contributed by atoms with Gasteiger partial charge < -0.3 is 9.88 Å². The Balaban J connectivity index is 1.78. The second-order valence-electron chi connectivity index (χ2n) is 7.20. The van der Waals surface area contributed by atoms with Crippen molar-refractivity contribution in [2.75, 3.05) is 6.54 Å². The molecule has 1 aromatic carbocycles. The van der Waals surface area contributed by atoms with Gasteiger partial charge in [-0.2, -0.15) is 0 Å². The highest BCUT2D eigenvalue weighted by molar-refractivity contribution is 6.44. The Labute approximate surface area is 140 Å². The fourth-order valence-corrected chi connectivity index (χ4v) is 3.97. The number of nitrogens with one attached hydrogen (secondary N) is 1. The summed E-state index contributed by atoms with van der Waals surface area (Å²) < 4.78 is 2.07. The maximum absolute atomic E-state index is 12.7. The van der Waals surface area contributed by atoms with E-state index in [0.29, 0.717) is 5.92 Å². The summed E-state index contributed by atoms with van der Waals surface area (Å²) in [5, 5.41) is 4.29. The summed E-state index contributed by atoms with van der Waals surface area (Å²) >= 11 is 0. The van der Waals surface area contributed by atoms with Crippen LogP contribution < -0.4 is 16.2 Å². The molecule has 1 saturated carbocycles. The van der Waals surface area contributed by atoms with Gasteiger partial charge >= 0.3 is 0 Å². The minimum absolute atomic E-state index is 0.0757. The van der Waals surface area contributed by atoms with Crippen LogP contribution in [0.3, 0.4) is 0 Å². The molecule has 0 radical (unpaired) electrons. The van der Waals surface area contributed by atoms with Gasteiger partial charge in [-0.25, -0.2) is 0 Å². The summed E-state index contributed by atoms with van der Waals surface area (Å²) in [6.07, 6.45) is 9.82. The summed E-state index contributed by atoms with van der Waals surface area (Å²) in [6.45, 7) is 0.820. The Hall–Kier alpha value is -1.64. The van der Waals surface area contributed by atoms with E-state index in [2.05, 4.69) is 37.7 Å². The molecule has 0 spiro atoms. The molecule has 120 valence electrons. The molecule has 5 heteroatoms. The van der Waals surface area contributed by atoms with Gasteiger partial charge in [0.05, 0.1) is 5.56 Å². The molecule has 23 heavy (non-hydrogen) atoms. The second-order valence-corrected chi connectivity index (χ2v) is 7.20. The minimum atomic E-state index is 0.0757. The highest BCUT2D eigenvalue weighted by Gasteiger charge is 2.18. The van der Waals surface area contributed by atoms with Crippen LogP contribution in [0.1, 0.15) is 48.9 Å². The fraction of sp³-hybridized carbons (Fsp3) is 0.500. The van der Waals surface area contributed by atoms with E-state index in [0.717, 1.165) is 23.0 Å². The lowest BCUT2D eigenvalue weighted by molar-refractivity contribution is 0.0947. The lowest BCUT2D eigenvalue weighted by Crippen LogP contribution is -2.29. The molecule has 1 heterocycles. The normalized spacial score (nSPS) is 16.4. The minimum Gasteiger partial charge on any atom is -0.352 e. The predicted octanol–water partition coefficient (Wildman–Crippen LogP) is 0.395. The summed E-state index contributed by atoms with van der Waals surface area (Å²) in [4.78, 5) is 12.7. The maximum atomic E-state index is 12.7. The molecule has 1 aliphatic carbocycles. The van der Waals surface area contributed by atoms with Crippen LogP contribution >= 0.6 is 0 Å². The highest BCUT2D eigenvalue weighted by Crippen LogP contribution is 2.23. The number of hydrogen-bond donors (Lipinski definition) is 1. The molecule has 1 fully saturated rings. The van der Waals surface area contributed by atoms with Crippen LogP contribution in [0.25, 0.3) is 10.9 Å². The molecule has 3 rings (SSSR count). The van der Waals surface area contributed by atoms with Crippen molar-refractivity contribution < 1.29 is 4.79 Å². The van der Waals surface area contributed by atoms with Crippen molar-refractivity contribution in [2.24, 2.45) is 13.0 Å². The fourth-order valence-electron chi connectivity index (χ4n) is 3.97. The molecule has 0 aliphatic heterocycles. The number of carbonyl (C=O) groups excluding carboxylic acids is 1. The van der Waals surface area contributed by atoms with Crippen molar-refractivity contribution in [1.29, 1.82) is 0 Å². The first-order valence-electron chi connectivity index (χ1n) is 8.90. The quantitative estimate of drug-likeness (QED) is 0.646. The molecular formula is C18H26B2N2O. The highest BCUT2D eigenvalue weighted by atomic mass is 16.1. The van der Waals surface area contributed by atoms with Gasteiger partial charge in [-0.05, 0) is 24.8 Å². The third-order valence-corrected chi connectivity index (χ3v) is 5.20. The largest absolute Gasteiger partial charge is 0.352 e. The number of hydrogen-bond acceptors (Lipinski definition) is 1. The second kappa shape index (κ2) is 6.86. The average molecular weight is 308 g/mol. The average Bonchev–Trinajstić information content (AvgIpc) is 2.71. The molecule has 0 saturated heterocycles. The number of benzene rings is 1. The molecule has 0 atom stereocenters. The molecular weight excluding hydrogens is 282 g/mol. The van der Waals surface area contributed by atoms with Crippen LogP contribution in [-0.2, 0) is 7.05 Å². The Morgan fingerprint density at radius 1 is 1.22 bits per heavy atom. The van der Waals surface area contributed by atoms with E-state index in [-0.39, 0.29) is 5.91 Å². The van der Waals surface area contributed by atoms with Crippen molar-refractivity contribution in [3.05, 3.63) is 23.9 Å². The van der Waals surface area contributed by atoms with Crippen molar-refractivity contribution in [3.63, 3.8) is 0 Å². The smallest absolute Gasteiger partial charge is 0.253 e. The van der Waals surface area contributed by atoms with E-state index < -0.39 is 0 Å². The van der Waals surface area contributed by atoms with Crippen LogP contribution in [-0.4, -0.2) is 32.7 Å². The van der Waals surface area contributed by atoms with Gasteiger partial charge in [0.1, 0.15) is 15.7 Å². The Morgan fingerprint density at radius 3 is 2.61 bits per heavy atom. The number of amides is 1. The molecule has 1 amide bonds. The molecule has 3 nitrogen and oxygen atoms in total. The first-order valence-corrected chi connectivity index (χ1v) is 8.90. The molecule has 0 unspecified atom stereocenters. The van der Waals surface area contributed by atoms with Gasteiger partial charge in [0.25, 0.3) is 5.91 Å². The van der Waals surface area contributed by atoms with E-state index in [4.69, 9.17) is 0 Å². The summed E-state index contributed by atoms with van der Waals surface area (Å²) in [6, 6.07) is 4.31. The van der Waals surface area contributed by atoms with E-state index >= 15 is 0 Å². The van der Waals surface area contributed by atoms with Crippen molar-refractivity contribution in [2.45, 2.75) is 38.5 Å². The maximum Gasteiger partial charge on any atom is 0.253 e. The molecule has 2 aromatic rings. The first-order chi connectivity index (χ1) is 11.1. The number of carbonyl (C=O) groups is 1. The standard InChI is InChI=1S/C18H26B2N2O/c1-22-11-14(17-15(20)8-13(19)9-16(17)22)18(23)21-10-12-6-4-2-3-5-7-12/h8-9,11-12H,2-7,10,19-20H2,1H3,(H,21,23). The van der Waals surface area contributed by atoms with Crippen LogP contribution in [0.4, 0.5) is 0 Å². The van der Waals surface area contributed by atoms with Crippen molar-refractivity contribution in [3.8, 4) is 0 Å². The number of aryl methyl sites for hydroxylation is 1. The van der Waals surface area contributed by atoms with Crippen LogP contribution in [0.15, 0.2) is 18.3 Å². The summed E-state index contributed by atoms with van der Waals surface area (Å²) in [5.74, 6) is 0.728. The van der Waals surface area contributed by atoms with Crippen molar-refractivity contribution in [1.82, 2.24) is 9.88 Å². The van der Waals surface area contributed by atoms with E-state index in [9.17, 15) is 4.79 Å². The third-order valence-electron chi connectivity index (χ3n) is 5.20. The lowest BCUT2D eigenvalue weighted by atomic mass is 9.84. The third kappa shape index (κ3) is 3.49. The monoisotopic (exact) mass is 308 g/mol. The van der Waals surface area contributed by atoms with Crippen LogP contribution in [0.5, 0.6) is 0 Å². The topological polar surface area (TPSA) is 34.0 Å². The summed E-state index contributed by atoms with van der Waals surface area (Å²) in [5.41, 5.74) is 4.37. The van der Waals surface area contributed by atoms with E-state index in [1.165, 1.54) is 49.5 Å². The Morgan fingerprint density at radius 2 is 1.91 bits per heavy atom. The zero-order valence-corrected chi connectivity index (χ0v) is 14.6. The molecule has 1 aliphatic rings. The number of fused-ring (bicyclic) bond motifs is 1. The van der Waals surface area contributed by atoms with Gasteiger partial charge in [-0.3, -0.25) is 4.79 Å². The zero-order valence-electron chi connectivity index (χ0n) is 14.6. The molecule has 1 N–H and O–H groups in total. The first kappa shape index (κ1) is 16.2. The van der Waals surface area contributed by atoms with Gasteiger partial charge in [0.15, 0.2) is 0 Å². The lowest BCUT2D eigenvalue weighted by Gasteiger charge is -2.14.